The molecule has 15 heavy (non-hydrogen) atoms. The van der Waals surface area contributed by atoms with Crippen LogP contribution < -0.4 is 10.5 Å². The topological polar surface area (TPSA) is 48.1 Å². The number of hydrogen-bond donors (Lipinski definition) is 1. The summed E-state index contributed by atoms with van der Waals surface area (Å²) in [7, 11) is 1.63. The van der Waals surface area contributed by atoms with Gasteiger partial charge in [0.2, 0.25) is 0 Å². The second kappa shape index (κ2) is 3.99. The standard InChI is InChI=1S/C11H15ClN2O/c1-15-10-6-8(12)7-14-9(10)2-3-11(13)4-5-11/h6-7H,2-5,13H2,1H3. The molecule has 3 nitrogen and oxygen atoms in total. The highest BCUT2D eigenvalue weighted by atomic mass is 35.5. The van der Waals surface area contributed by atoms with Crippen LogP contribution in [-0.2, 0) is 6.42 Å². The molecule has 0 aromatic carbocycles. The number of methoxy groups -OCH3 is 1. The lowest BCUT2D eigenvalue weighted by atomic mass is 10.1. The third kappa shape index (κ3) is 2.61. The van der Waals surface area contributed by atoms with Gasteiger partial charge in [-0.05, 0) is 25.7 Å². The van der Waals surface area contributed by atoms with Gasteiger partial charge < -0.3 is 10.5 Å². The van der Waals surface area contributed by atoms with E-state index in [1.54, 1.807) is 19.4 Å². The molecule has 1 fully saturated rings. The van der Waals surface area contributed by atoms with Crippen LogP contribution in [0.1, 0.15) is 25.0 Å². The molecular weight excluding hydrogens is 212 g/mol. The number of aromatic nitrogens is 1. The molecule has 0 unspecified atom stereocenters. The van der Waals surface area contributed by atoms with Crippen molar-refractivity contribution in [3.8, 4) is 5.75 Å². The molecule has 0 saturated heterocycles. The van der Waals surface area contributed by atoms with E-state index in [-0.39, 0.29) is 5.54 Å². The van der Waals surface area contributed by atoms with Gasteiger partial charge in [0.15, 0.2) is 0 Å². The van der Waals surface area contributed by atoms with Crippen LogP contribution in [0.5, 0.6) is 5.75 Å². The number of hydrogen-bond acceptors (Lipinski definition) is 3. The average Bonchev–Trinajstić information content (AvgIpc) is 2.95. The van der Waals surface area contributed by atoms with Crippen molar-refractivity contribution in [2.75, 3.05) is 7.11 Å². The SMILES string of the molecule is COc1cc(Cl)cnc1CCC1(N)CC1. The van der Waals surface area contributed by atoms with Gasteiger partial charge in [0.1, 0.15) is 5.75 Å². The number of nitrogens with two attached hydrogens (primary N) is 1. The first-order valence-electron chi connectivity index (χ1n) is 5.10. The fourth-order valence-corrected chi connectivity index (χ4v) is 1.74. The van der Waals surface area contributed by atoms with Crippen molar-refractivity contribution >= 4 is 11.6 Å². The maximum atomic E-state index is 6.02. The molecule has 1 aliphatic rings. The average molecular weight is 227 g/mol. The molecule has 2 rings (SSSR count). The summed E-state index contributed by atoms with van der Waals surface area (Å²) < 4.78 is 5.22. The predicted molar refractivity (Wildman–Crippen MR) is 60.3 cm³/mol. The Hall–Kier alpha value is -0.800. The van der Waals surface area contributed by atoms with Crippen molar-refractivity contribution in [2.24, 2.45) is 5.73 Å². The van der Waals surface area contributed by atoms with Gasteiger partial charge in [-0.2, -0.15) is 0 Å². The van der Waals surface area contributed by atoms with Gasteiger partial charge in [0.05, 0.1) is 17.8 Å². The summed E-state index contributed by atoms with van der Waals surface area (Å²) in [5.41, 5.74) is 7.03. The Morgan fingerprint density at radius 1 is 1.60 bits per heavy atom. The zero-order valence-corrected chi connectivity index (χ0v) is 9.55. The largest absolute Gasteiger partial charge is 0.495 e. The van der Waals surface area contributed by atoms with Gasteiger partial charge in [-0.3, -0.25) is 4.98 Å². The van der Waals surface area contributed by atoms with E-state index in [1.807, 2.05) is 0 Å². The zero-order chi connectivity index (χ0) is 10.9. The Morgan fingerprint density at radius 3 is 2.93 bits per heavy atom. The minimum absolute atomic E-state index is 0.0618. The fraction of sp³-hybridized carbons (Fsp3) is 0.545. The molecule has 1 aliphatic carbocycles. The van der Waals surface area contributed by atoms with Crippen molar-refractivity contribution in [1.82, 2.24) is 4.98 Å². The lowest BCUT2D eigenvalue weighted by Gasteiger charge is -2.10. The molecule has 0 radical (unpaired) electrons. The number of rotatable bonds is 4. The van der Waals surface area contributed by atoms with Gasteiger partial charge in [-0.25, -0.2) is 0 Å². The molecule has 0 spiro atoms. The maximum Gasteiger partial charge on any atom is 0.141 e. The van der Waals surface area contributed by atoms with Crippen LogP contribution in [-0.4, -0.2) is 17.6 Å². The number of ether oxygens (including phenoxy) is 1. The second-order valence-corrected chi connectivity index (χ2v) is 4.60. The quantitative estimate of drug-likeness (QED) is 0.856. The first-order valence-corrected chi connectivity index (χ1v) is 5.48. The summed E-state index contributed by atoms with van der Waals surface area (Å²) in [6, 6.07) is 1.79. The van der Waals surface area contributed by atoms with Crippen LogP contribution in [0.15, 0.2) is 12.3 Å². The third-order valence-electron chi connectivity index (χ3n) is 2.87. The summed E-state index contributed by atoms with van der Waals surface area (Å²) in [6.07, 6.45) is 5.73. The lowest BCUT2D eigenvalue weighted by Crippen LogP contribution is -2.22. The molecule has 82 valence electrons. The van der Waals surface area contributed by atoms with E-state index in [9.17, 15) is 0 Å². The van der Waals surface area contributed by atoms with E-state index in [0.717, 1.165) is 37.1 Å². The van der Waals surface area contributed by atoms with E-state index < -0.39 is 0 Å². The summed E-state index contributed by atoms with van der Waals surface area (Å²) in [6.45, 7) is 0. The van der Waals surface area contributed by atoms with Crippen LogP contribution in [0, 0.1) is 0 Å². The Labute approximate surface area is 94.6 Å². The normalized spacial score (nSPS) is 17.5. The molecule has 1 aromatic heterocycles. The first-order chi connectivity index (χ1) is 7.13. The Kier molecular flexibility index (Phi) is 2.85. The van der Waals surface area contributed by atoms with Gasteiger partial charge in [0, 0.05) is 17.8 Å². The molecule has 0 bridgehead atoms. The molecule has 1 aromatic rings. The minimum Gasteiger partial charge on any atom is -0.495 e. The highest BCUT2D eigenvalue weighted by Gasteiger charge is 2.37. The Bertz CT molecular complexity index is 364. The van der Waals surface area contributed by atoms with E-state index in [0.29, 0.717) is 5.02 Å². The predicted octanol–water partition coefficient (Wildman–Crippen LogP) is 2.17. The number of pyridine rings is 1. The van der Waals surface area contributed by atoms with Crippen LogP contribution in [0.25, 0.3) is 0 Å². The fourth-order valence-electron chi connectivity index (χ4n) is 1.59. The molecule has 1 heterocycles. The lowest BCUT2D eigenvalue weighted by molar-refractivity contribution is 0.405. The zero-order valence-electron chi connectivity index (χ0n) is 8.79. The highest BCUT2D eigenvalue weighted by molar-refractivity contribution is 6.30. The molecule has 0 amide bonds. The van der Waals surface area contributed by atoms with Crippen molar-refractivity contribution in [3.05, 3.63) is 23.0 Å². The van der Waals surface area contributed by atoms with Crippen molar-refractivity contribution in [1.29, 1.82) is 0 Å². The highest BCUT2D eigenvalue weighted by Crippen LogP contribution is 2.37. The van der Waals surface area contributed by atoms with E-state index >= 15 is 0 Å². The van der Waals surface area contributed by atoms with Gasteiger partial charge in [0.25, 0.3) is 0 Å². The summed E-state index contributed by atoms with van der Waals surface area (Å²) in [5, 5.41) is 0.601. The summed E-state index contributed by atoms with van der Waals surface area (Å²) in [5.74, 6) is 0.756. The van der Waals surface area contributed by atoms with E-state index in [2.05, 4.69) is 4.98 Å². The van der Waals surface area contributed by atoms with Gasteiger partial charge in [-0.15, -0.1) is 0 Å². The van der Waals surface area contributed by atoms with E-state index in [1.165, 1.54) is 0 Å². The Balaban J connectivity index is 2.06. The molecule has 2 N–H and O–H groups in total. The maximum absolute atomic E-state index is 6.02. The van der Waals surface area contributed by atoms with Crippen LogP contribution in [0.4, 0.5) is 0 Å². The molecular formula is C11H15ClN2O. The number of halogens is 1. The first kappa shape index (κ1) is 10.7. The van der Waals surface area contributed by atoms with E-state index in [4.69, 9.17) is 22.1 Å². The summed E-state index contributed by atoms with van der Waals surface area (Å²) in [4.78, 5) is 4.27. The van der Waals surface area contributed by atoms with Crippen molar-refractivity contribution in [2.45, 2.75) is 31.2 Å². The second-order valence-electron chi connectivity index (χ2n) is 4.16. The van der Waals surface area contributed by atoms with Crippen molar-refractivity contribution < 1.29 is 4.74 Å². The Morgan fingerprint density at radius 2 is 2.33 bits per heavy atom. The smallest absolute Gasteiger partial charge is 0.141 e. The van der Waals surface area contributed by atoms with Crippen molar-refractivity contribution in [3.63, 3.8) is 0 Å². The number of nitrogens with zero attached hydrogens (tertiary/aromatic N) is 1. The van der Waals surface area contributed by atoms with Crippen LogP contribution in [0.2, 0.25) is 5.02 Å². The van der Waals surface area contributed by atoms with Gasteiger partial charge >= 0.3 is 0 Å². The third-order valence-corrected chi connectivity index (χ3v) is 3.08. The van der Waals surface area contributed by atoms with Crippen LogP contribution in [0.3, 0.4) is 0 Å². The molecule has 0 atom stereocenters. The minimum atomic E-state index is 0.0618. The van der Waals surface area contributed by atoms with Gasteiger partial charge in [-0.1, -0.05) is 11.6 Å². The summed E-state index contributed by atoms with van der Waals surface area (Å²) >= 11 is 5.83. The van der Waals surface area contributed by atoms with Crippen LogP contribution >= 0.6 is 11.6 Å². The molecule has 1 saturated carbocycles. The molecule has 0 aliphatic heterocycles. The molecule has 4 heteroatoms. The monoisotopic (exact) mass is 226 g/mol. The number of aryl methyl sites for hydroxylation is 1.